The predicted molar refractivity (Wildman–Crippen MR) is 96.6 cm³/mol. The summed E-state index contributed by atoms with van der Waals surface area (Å²) >= 11 is 8.81. The van der Waals surface area contributed by atoms with Gasteiger partial charge in [-0.3, -0.25) is 0 Å². The first-order valence-electron chi connectivity index (χ1n) is 7.32. The molecule has 126 valence electrons. The van der Waals surface area contributed by atoms with Crippen molar-refractivity contribution in [3.8, 4) is 22.2 Å². The minimum atomic E-state index is -0.111. The summed E-state index contributed by atoms with van der Waals surface area (Å²) in [5, 5.41) is 19.3. The van der Waals surface area contributed by atoms with E-state index in [0.717, 1.165) is 10.4 Å². The quantitative estimate of drug-likeness (QED) is 0.424. The number of hydrogen-bond acceptors (Lipinski definition) is 8. The maximum atomic E-state index is 5.89. The molecule has 0 bridgehead atoms. The van der Waals surface area contributed by atoms with Gasteiger partial charge in [-0.15, -0.1) is 31.7 Å². The van der Waals surface area contributed by atoms with E-state index in [1.54, 1.807) is 23.5 Å². The van der Waals surface area contributed by atoms with Crippen LogP contribution in [-0.2, 0) is 0 Å². The molecule has 0 amide bonds. The molecule has 0 saturated carbocycles. The number of hydrogen-bond donors (Lipinski definition) is 0. The van der Waals surface area contributed by atoms with Gasteiger partial charge in [0.05, 0.1) is 10.1 Å². The minimum absolute atomic E-state index is 0.111. The Morgan fingerprint density at radius 1 is 1.00 bits per heavy atom. The van der Waals surface area contributed by atoms with Crippen molar-refractivity contribution in [1.82, 2.24) is 20.4 Å². The molecule has 25 heavy (non-hydrogen) atoms. The van der Waals surface area contributed by atoms with Gasteiger partial charge in [0.15, 0.2) is 0 Å². The smallest absolute Gasteiger partial charge is 0.277 e. The molecule has 4 rings (SSSR count). The summed E-state index contributed by atoms with van der Waals surface area (Å²) < 4.78 is 11.4. The molecule has 1 aromatic carbocycles. The van der Waals surface area contributed by atoms with Crippen LogP contribution in [0.4, 0.5) is 0 Å². The molecule has 3 heterocycles. The van der Waals surface area contributed by atoms with Gasteiger partial charge in [-0.2, -0.15) is 0 Å². The molecule has 9 heteroatoms. The monoisotopic (exact) mass is 390 g/mol. The predicted octanol–water partition coefficient (Wildman–Crippen LogP) is 5.35. The average molecular weight is 391 g/mol. The summed E-state index contributed by atoms with van der Waals surface area (Å²) in [6.45, 7) is 1.95. The third-order valence-electron chi connectivity index (χ3n) is 3.30. The fourth-order valence-electron chi connectivity index (χ4n) is 2.07. The number of thiophene rings is 1. The van der Waals surface area contributed by atoms with Crippen LogP contribution in [0.15, 0.2) is 55.8 Å². The van der Waals surface area contributed by atoms with Crippen LogP contribution in [-0.4, -0.2) is 20.4 Å². The maximum absolute atomic E-state index is 5.89. The molecule has 3 aromatic heterocycles. The van der Waals surface area contributed by atoms with E-state index in [1.807, 2.05) is 36.6 Å². The lowest BCUT2D eigenvalue weighted by molar-refractivity contribution is 0.461. The van der Waals surface area contributed by atoms with Gasteiger partial charge in [0.1, 0.15) is 0 Å². The molecule has 0 N–H and O–H groups in total. The average Bonchev–Trinajstić information content (AvgIpc) is 3.36. The summed E-state index contributed by atoms with van der Waals surface area (Å²) in [7, 11) is 0. The first-order valence-corrected chi connectivity index (χ1v) is 9.46. The molecule has 6 nitrogen and oxygen atoms in total. The zero-order chi connectivity index (χ0) is 17.2. The van der Waals surface area contributed by atoms with Crippen molar-refractivity contribution in [3.63, 3.8) is 0 Å². The topological polar surface area (TPSA) is 77.8 Å². The van der Waals surface area contributed by atoms with Crippen LogP contribution in [0.1, 0.15) is 18.1 Å². The Morgan fingerprint density at radius 2 is 1.80 bits per heavy atom. The Hall–Kier alpha value is -2.16. The molecule has 0 aliphatic carbocycles. The van der Waals surface area contributed by atoms with Crippen LogP contribution in [0.3, 0.4) is 0 Å². The fourth-order valence-corrected chi connectivity index (χ4v) is 3.55. The molecule has 1 atom stereocenters. The Kier molecular flexibility index (Phi) is 4.56. The van der Waals surface area contributed by atoms with Crippen molar-refractivity contribution in [2.75, 3.05) is 0 Å². The van der Waals surface area contributed by atoms with Gasteiger partial charge in [-0.25, -0.2) is 0 Å². The molecule has 4 aromatic rings. The molecule has 0 fully saturated rings. The maximum Gasteiger partial charge on any atom is 0.277 e. The van der Waals surface area contributed by atoms with Crippen LogP contribution in [0.25, 0.3) is 22.2 Å². The number of nitrogens with zero attached hydrogens (tertiary/aromatic N) is 4. The lowest BCUT2D eigenvalue weighted by atomic mass is 10.2. The molecule has 0 saturated heterocycles. The van der Waals surface area contributed by atoms with Gasteiger partial charge in [-0.05, 0) is 42.6 Å². The van der Waals surface area contributed by atoms with E-state index in [9.17, 15) is 0 Å². The van der Waals surface area contributed by atoms with Crippen molar-refractivity contribution >= 4 is 34.7 Å². The van der Waals surface area contributed by atoms with E-state index < -0.39 is 0 Å². The molecule has 0 spiro atoms. The minimum Gasteiger partial charge on any atom is -0.419 e. The largest absolute Gasteiger partial charge is 0.419 e. The third kappa shape index (κ3) is 3.60. The zero-order valence-electron chi connectivity index (χ0n) is 12.9. The zero-order valence-corrected chi connectivity index (χ0v) is 15.3. The van der Waals surface area contributed by atoms with Crippen LogP contribution >= 0.6 is 34.7 Å². The molecule has 0 aliphatic heterocycles. The highest BCUT2D eigenvalue weighted by atomic mass is 35.5. The molecule has 0 unspecified atom stereocenters. The summed E-state index contributed by atoms with van der Waals surface area (Å²) in [6.07, 6.45) is 0. The highest BCUT2D eigenvalue weighted by molar-refractivity contribution is 7.99. The lowest BCUT2D eigenvalue weighted by Gasteiger charge is -2.01. The van der Waals surface area contributed by atoms with E-state index in [1.165, 1.54) is 11.8 Å². The number of thioether (sulfide) groups is 1. The number of rotatable bonds is 5. The first-order chi connectivity index (χ1) is 12.2. The van der Waals surface area contributed by atoms with E-state index in [-0.39, 0.29) is 5.25 Å². The second kappa shape index (κ2) is 6.99. The van der Waals surface area contributed by atoms with E-state index in [4.69, 9.17) is 20.4 Å². The van der Waals surface area contributed by atoms with Gasteiger partial charge in [0.25, 0.3) is 11.1 Å². The molecule has 0 aliphatic rings. The van der Waals surface area contributed by atoms with E-state index in [2.05, 4.69) is 20.4 Å². The Labute approximate surface area is 156 Å². The van der Waals surface area contributed by atoms with Crippen LogP contribution in [0.2, 0.25) is 5.02 Å². The Balaban J connectivity index is 1.48. The van der Waals surface area contributed by atoms with Crippen LogP contribution < -0.4 is 0 Å². The normalized spacial score (nSPS) is 12.4. The van der Waals surface area contributed by atoms with Gasteiger partial charge in [-0.1, -0.05) is 29.4 Å². The van der Waals surface area contributed by atoms with E-state index >= 15 is 0 Å². The number of halogens is 1. The number of benzene rings is 1. The summed E-state index contributed by atoms with van der Waals surface area (Å²) in [6, 6.07) is 11.1. The highest BCUT2D eigenvalue weighted by Crippen LogP contribution is 2.36. The second-order valence-corrected chi connectivity index (χ2v) is 7.74. The number of aromatic nitrogens is 4. The molecular formula is C16H11ClN4O2S2. The van der Waals surface area contributed by atoms with Crippen molar-refractivity contribution in [1.29, 1.82) is 0 Å². The standard InChI is InChI=1S/C16H11ClN4O2S2/c1-9(13-18-20-15(22-13)12-3-2-8-24-12)25-16-21-19-14(23-16)10-4-6-11(17)7-5-10/h2-9H,1H3/t9-/m0/s1. The molecule has 0 radical (unpaired) electrons. The second-order valence-electron chi connectivity index (χ2n) is 5.06. The third-order valence-corrected chi connectivity index (χ3v) is 5.33. The van der Waals surface area contributed by atoms with Gasteiger partial charge >= 0.3 is 0 Å². The molecular weight excluding hydrogens is 380 g/mol. The first kappa shape index (κ1) is 16.3. The van der Waals surface area contributed by atoms with Crippen LogP contribution in [0, 0.1) is 0 Å². The highest BCUT2D eigenvalue weighted by Gasteiger charge is 2.20. The van der Waals surface area contributed by atoms with Gasteiger partial charge in [0, 0.05) is 10.6 Å². The Bertz CT molecular complexity index is 966. The van der Waals surface area contributed by atoms with Crippen molar-refractivity contribution < 1.29 is 8.83 Å². The van der Waals surface area contributed by atoms with Crippen molar-refractivity contribution in [3.05, 3.63) is 52.7 Å². The van der Waals surface area contributed by atoms with Gasteiger partial charge in [0.2, 0.25) is 11.8 Å². The summed E-state index contributed by atoms with van der Waals surface area (Å²) in [4.78, 5) is 0.943. The SMILES string of the molecule is C[C@H](Sc1nnc(-c2ccc(Cl)cc2)o1)c1nnc(-c2cccs2)o1. The van der Waals surface area contributed by atoms with Crippen LogP contribution in [0.5, 0.6) is 0 Å². The van der Waals surface area contributed by atoms with Gasteiger partial charge < -0.3 is 8.83 Å². The summed E-state index contributed by atoms with van der Waals surface area (Å²) in [5.41, 5.74) is 0.814. The fraction of sp³-hybridized carbons (Fsp3) is 0.125. The Morgan fingerprint density at radius 3 is 2.56 bits per heavy atom. The van der Waals surface area contributed by atoms with Crippen molar-refractivity contribution in [2.24, 2.45) is 0 Å². The van der Waals surface area contributed by atoms with E-state index in [0.29, 0.717) is 27.9 Å². The summed E-state index contributed by atoms with van der Waals surface area (Å²) in [5.74, 6) is 1.47. The van der Waals surface area contributed by atoms with Crippen molar-refractivity contribution in [2.45, 2.75) is 17.4 Å². The lowest BCUT2D eigenvalue weighted by Crippen LogP contribution is -1.88.